The van der Waals surface area contributed by atoms with Crippen LogP contribution in [0.4, 0.5) is 0 Å². The Labute approximate surface area is 191 Å². The Morgan fingerprint density at radius 1 is 1.06 bits per heavy atom. The maximum Gasteiger partial charge on any atom is 0.100 e. The van der Waals surface area contributed by atoms with Crippen LogP contribution in [0.15, 0.2) is 36.7 Å². The summed E-state index contributed by atoms with van der Waals surface area (Å²) < 4.78 is 9.28. The Bertz CT molecular complexity index is 1110. The molecule has 0 bridgehead atoms. The molecule has 0 amide bonds. The minimum atomic E-state index is 0.0700. The van der Waals surface area contributed by atoms with Crippen molar-refractivity contribution in [2.24, 2.45) is 5.92 Å². The summed E-state index contributed by atoms with van der Waals surface area (Å²) in [5, 5.41) is 1.49. The Kier molecular flexibility index (Phi) is 5.31. The van der Waals surface area contributed by atoms with Crippen LogP contribution >= 0.6 is 0 Å². The van der Waals surface area contributed by atoms with Crippen LogP contribution in [0.1, 0.15) is 72.2 Å². The number of hydrogen-bond acceptors (Lipinski definition) is 3. The van der Waals surface area contributed by atoms with E-state index >= 15 is 0 Å². The molecular formula is C28H35N3O. The van der Waals surface area contributed by atoms with Gasteiger partial charge >= 0.3 is 0 Å². The summed E-state index contributed by atoms with van der Waals surface area (Å²) in [6, 6.07) is 9.67. The molecule has 2 atom stereocenters. The predicted octanol–water partition coefficient (Wildman–Crippen LogP) is 5.90. The maximum absolute atomic E-state index is 6.64. The number of aryl methyl sites for hydroxylation is 2. The minimum absolute atomic E-state index is 0.0700. The standard InChI is InChI=1S/C28H35N3O/c1-19-15-20(2)28-23(16-19)27-24-7-4-13-30(24)14-10-25(27)31(28)17-26(22-8-11-29-12-9-22)32-18-21-5-3-6-21/h8-9,11-12,15-16,21,24,26H,3-7,10,13-14,17-18H2,1-2H3/t24-,26-/m1/s1. The van der Waals surface area contributed by atoms with Crippen LogP contribution in [-0.4, -0.2) is 34.1 Å². The molecule has 1 aromatic carbocycles. The molecule has 1 saturated heterocycles. The minimum Gasteiger partial charge on any atom is -0.371 e. The van der Waals surface area contributed by atoms with Gasteiger partial charge in [-0.15, -0.1) is 0 Å². The third kappa shape index (κ3) is 3.48. The molecule has 168 valence electrons. The van der Waals surface area contributed by atoms with Crippen molar-refractivity contribution in [1.29, 1.82) is 0 Å². The Balaban J connectivity index is 1.44. The van der Waals surface area contributed by atoms with Crippen molar-refractivity contribution >= 4 is 10.9 Å². The third-order valence-corrected chi connectivity index (χ3v) is 8.16. The molecule has 2 aliphatic heterocycles. The molecule has 2 aromatic heterocycles. The number of benzene rings is 1. The van der Waals surface area contributed by atoms with E-state index in [-0.39, 0.29) is 6.10 Å². The number of pyridine rings is 1. The largest absolute Gasteiger partial charge is 0.371 e. The molecule has 6 rings (SSSR count). The van der Waals surface area contributed by atoms with E-state index in [4.69, 9.17) is 4.74 Å². The Hall–Kier alpha value is -2.17. The summed E-state index contributed by atoms with van der Waals surface area (Å²) in [4.78, 5) is 6.98. The van der Waals surface area contributed by atoms with E-state index in [2.05, 4.69) is 52.6 Å². The summed E-state index contributed by atoms with van der Waals surface area (Å²) in [7, 11) is 0. The highest BCUT2D eigenvalue weighted by Gasteiger charge is 2.36. The van der Waals surface area contributed by atoms with E-state index in [1.165, 1.54) is 72.8 Å². The molecule has 1 saturated carbocycles. The predicted molar refractivity (Wildman–Crippen MR) is 129 cm³/mol. The van der Waals surface area contributed by atoms with Gasteiger partial charge in [-0.2, -0.15) is 0 Å². The number of ether oxygens (including phenoxy) is 1. The van der Waals surface area contributed by atoms with Crippen molar-refractivity contribution in [2.45, 2.75) is 71.1 Å². The first-order chi connectivity index (χ1) is 15.7. The Morgan fingerprint density at radius 3 is 2.69 bits per heavy atom. The van der Waals surface area contributed by atoms with E-state index in [0.29, 0.717) is 6.04 Å². The summed E-state index contributed by atoms with van der Waals surface area (Å²) in [5.41, 5.74) is 8.62. The second kappa shape index (κ2) is 8.31. The second-order valence-electron chi connectivity index (χ2n) is 10.3. The van der Waals surface area contributed by atoms with Gasteiger partial charge in [0.25, 0.3) is 0 Å². The van der Waals surface area contributed by atoms with Gasteiger partial charge in [0, 0.05) is 42.5 Å². The zero-order chi connectivity index (χ0) is 21.7. The molecule has 2 fully saturated rings. The van der Waals surface area contributed by atoms with Gasteiger partial charge in [0.2, 0.25) is 0 Å². The number of nitrogens with zero attached hydrogens (tertiary/aromatic N) is 3. The van der Waals surface area contributed by atoms with Crippen LogP contribution in [-0.2, 0) is 17.7 Å². The number of aromatic nitrogens is 2. The van der Waals surface area contributed by atoms with Gasteiger partial charge in [0.1, 0.15) is 6.10 Å². The molecule has 0 spiro atoms. The van der Waals surface area contributed by atoms with Gasteiger partial charge in [-0.1, -0.05) is 18.1 Å². The lowest BCUT2D eigenvalue weighted by Gasteiger charge is -2.32. The highest BCUT2D eigenvalue weighted by molar-refractivity contribution is 5.89. The van der Waals surface area contributed by atoms with E-state index in [9.17, 15) is 0 Å². The monoisotopic (exact) mass is 429 g/mol. The molecular weight excluding hydrogens is 394 g/mol. The van der Waals surface area contributed by atoms with Crippen LogP contribution in [0.25, 0.3) is 10.9 Å². The fraction of sp³-hybridized carbons (Fsp3) is 0.536. The van der Waals surface area contributed by atoms with Gasteiger partial charge in [-0.25, -0.2) is 0 Å². The average Bonchev–Trinajstić information content (AvgIpc) is 3.35. The molecule has 4 heteroatoms. The van der Waals surface area contributed by atoms with Crippen LogP contribution in [0.3, 0.4) is 0 Å². The summed E-state index contributed by atoms with van der Waals surface area (Å²) in [6.07, 6.45) is 11.6. The summed E-state index contributed by atoms with van der Waals surface area (Å²) in [5.74, 6) is 0.742. The van der Waals surface area contributed by atoms with Crippen LogP contribution in [0.2, 0.25) is 0 Å². The number of rotatable bonds is 6. The lowest BCUT2D eigenvalue weighted by atomic mass is 9.86. The van der Waals surface area contributed by atoms with E-state index < -0.39 is 0 Å². The topological polar surface area (TPSA) is 30.3 Å². The van der Waals surface area contributed by atoms with Crippen molar-refractivity contribution in [1.82, 2.24) is 14.5 Å². The number of hydrogen-bond donors (Lipinski definition) is 0. The second-order valence-corrected chi connectivity index (χ2v) is 10.3. The average molecular weight is 430 g/mol. The van der Waals surface area contributed by atoms with Crippen molar-refractivity contribution in [3.63, 3.8) is 0 Å². The quantitative estimate of drug-likeness (QED) is 0.488. The van der Waals surface area contributed by atoms with Crippen LogP contribution < -0.4 is 0 Å². The van der Waals surface area contributed by atoms with Crippen LogP contribution in [0, 0.1) is 19.8 Å². The normalized spacial score (nSPS) is 22.0. The molecule has 3 aromatic rings. The van der Waals surface area contributed by atoms with Gasteiger partial charge in [-0.3, -0.25) is 9.88 Å². The van der Waals surface area contributed by atoms with Crippen molar-refractivity contribution in [2.75, 3.05) is 19.7 Å². The zero-order valence-electron chi connectivity index (χ0n) is 19.5. The van der Waals surface area contributed by atoms with Gasteiger partial charge in [0.05, 0.1) is 18.7 Å². The van der Waals surface area contributed by atoms with Gasteiger partial charge in [0.15, 0.2) is 0 Å². The highest BCUT2D eigenvalue weighted by atomic mass is 16.5. The first-order valence-corrected chi connectivity index (χ1v) is 12.6. The first kappa shape index (κ1) is 20.4. The molecule has 4 heterocycles. The lowest BCUT2D eigenvalue weighted by Crippen LogP contribution is -2.32. The molecule has 0 radical (unpaired) electrons. The van der Waals surface area contributed by atoms with Gasteiger partial charge in [-0.05, 0) is 86.9 Å². The molecule has 4 nitrogen and oxygen atoms in total. The summed E-state index contributed by atoms with van der Waals surface area (Å²) in [6.45, 7) is 8.75. The third-order valence-electron chi connectivity index (χ3n) is 8.16. The fourth-order valence-electron chi connectivity index (χ4n) is 6.38. The first-order valence-electron chi connectivity index (χ1n) is 12.6. The van der Waals surface area contributed by atoms with Gasteiger partial charge < -0.3 is 9.30 Å². The number of fused-ring (bicyclic) bond motifs is 5. The van der Waals surface area contributed by atoms with Crippen LogP contribution in [0.5, 0.6) is 0 Å². The molecule has 0 N–H and O–H groups in total. The van der Waals surface area contributed by atoms with E-state index in [0.717, 1.165) is 25.5 Å². The lowest BCUT2D eigenvalue weighted by molar-refractivity contribution is 0.000632. The zero-order valence-corrected chi connectivity index (χ0v) is 19.5. The van der Waals surface area contributed by atoms with Crippen molar-refractivity contribution < 1.29 is 4.74 Å². The fourth-order valence-corrected chi connectivity index (χ4v) is 6.38. The molecule has 0 unspecified atom stereocenters. The molecule has 3 aliphatic rings. The Morgan fingerprint density at radius 2 is 1.91 bits per heavy atom. The van der Waals surface area contributed by atoms with Crippen molar-refractivity contribution in [3.05, 3.63) is 64.6 Å². The highest BCUT2D eigenvalue weighted by Crippen LogP contribution is 2.44. The van der Waals surface area contributed by atoms with E-state index in [1.807, 2.05) is 12.4 Å². The SMILES string of the molecule is Cc1cc(C)c2c(c1)c1c(n2C[C@@H](OCC2CCC2)c2ccncc2)CCN2CCC[C@H]12. The molecule has 32 heavy (non-hydrogen) atoms. The summed E-state index contributed by atoms with van der Waals surface area (Å²) >= 11 is 0. The maximum atomic E-state index is 6.64. The molecule has 1 aliphatic carbocycles. The van der Waals surface area contributed by atoms with Crippen molar-refractivity contribution in [3.8, 4) is 0 Å². The van der Waals surface area contributed by atoms with E-state index in [1.54, 1.807) is 11.3 Å². The smallest absolute Gasteiger partial charge is 0.100 e.